The molecule has 0 fully saturated rings. The second kappa shape index (κ2) is 2.16. The van der Waals surface area contributed by atoms with Crippen LogP contribution in [0.3, 0.4) is 0 Å². The fourth-order valence-electron chi connectivity index (χ4n) is 0.179. The van der Waals surface area contributed by atoms with Crippen LogP contribution >= 0.6 is 0 Å². The summed E-state index contributed by atoms with van der Waals surface area (Å²) in [6, 6.07) is 0. The molecule has 0 aromatic carbocycles. The summed E-state index contributed by atoms with van der Waals surface area (Å²) in [5.74, 6) is 0. The van der Waals surface area contributed by atoms with Crippen LogP contribution in [0.25, 0.3) is 0 Å². The lowest BCUT2D eigenvalue weighted by atomic mass is 10.6. The van der Waals surface area contributed by atoms with E-state index >= 15 is 0 Å². The van der Waals surface area contributed by atoms with Gasteiger partial charge in [-0.25, -0.2) is 5.32 Å². The molecule has 0 aliphatic rings. The Balaban J connectivity index is 3.15. The highest BCUT2D eigenvalue weighted by Gasteiger charge is 2.25. The molecule has 0 saturated carbocycles. The lowest BCUT2D eigenvalue weighted by Gasteiger charge is -2.00. The molecule has 0 unspecified atom stereocenters. The van der Waals surface area contributed by atoms with Gasteiger partial charge in [-0.15, -0.1) is 0 Å². The SMILES string of the molecule is C[N]CC(F)(F)F. The molecule has 4 heteroatoms. The Kier molecular flexibility index (Phi) is 2.08. The monoisotopic (exact) mass is 112 g/mol. The van der Waals surface area contributed by atoms with E-state index in [1.807, 2.05) is 0 Å². The zero-order valence-electron chi connectivity index (χ0n) is 3.79. The standard InChI is InChI=1S/C3H5F3N/c1-7-2-3(4,5)6/h2H2,1H3. The first-order valence-corrected chi connectivity index (χ1v) is 1.68. The van der Waals surface area contributed by atoms with E-state index in [-0.39, 0.29) is 0 Å². The van der Waals surface area contributed by atoms with E-state index in [4.69, 9.17) is 0 Å². The van der Waals surface area contributed by atoms with Gasteiger partial charge >= 0.3 is 6.18 Å². The van der Waals surface area contributed by atoms with Crippen LogP contribution in [0, 0.1) is 0 Å². The van der Waals surface area contributed by atoms with Gasteiger partial charge < -0.3 is 0 Å². The van der Waals surface area contributed by atoms with Crippen molar-refractivity contribution in [2.45, 2.75) is 6.18 Å². The molecule has 0 aromatic rings. The van der Waals surface area contributed by atoms with Crippen LogP contribution in [-0.2, 0) is 0 Å². The van der Waals surface area contributed by atoms with Crippen molar-refractivity contribution in [3.05, 3.63) is 0 Å². The highest BCUT2D eigenvalue weighted by Crippen LogP contribution is 2.11. The van der Waals surface area contributed by atoms with Crippen LogP contribution in [0.2, 0.25) is 0 Å². The average Bonchev–Trinajstić information content (AvgIpc) is 1.30. The van der Waals surface area contributed by atoms with Gasteiger partial charge in [-0.2, -0.15) is 13.2 Å². The van der Waals surface area contributed by atoms with Gasteiger partial charge in [0.1, 0.15) is 6.54 Å². The van der Waals surface area contributed by atoms with Gasteiger partial charge in [-0.05, 0) is 0 Å². The van der Waals surface area contributed by atoms with E-state index < -0.39 is 12.7 Å². The smallest absolute Gasteiger partial charge is 0.236 e. The number of nitrogens with zero attached hydrogens (tertiary/aromatic N) is 1. The Morgan fingerprint density at radius 1 is 1.43 bits per heavy atom. The van der Waals surface area contributed by atoms with Gasteiger partial charge in [0, 0.05) is 7.05 Å². The van der Waals surface area contributed by atoms with Gasteiger partial charge in [0.25, 0.3) is 0 Å². The van der Waals surface area contributed by atoms with E-state index in [0.29, 0.717) is 0 Å². The van der Waals surface area contributed by atoms with Crippen molar-refractivity contribution in [2.75, 3.05) is 13.6 Å². The summed E-state index contributed by atoms with van der Waals surface area (Å²) < 4.78 is 32.9. The molecule has 0 atom stereocenters. The zero-order valence-corrected chi connectivity index (χ0v) is 3.79. The van der Waals surface area contributed by atoms with Gasteiger partial charge in [0.05, 0.1) is 0 Å². The predicted octanol–water partition coefficient (Wildman–Crippen LogP) is 0.783. The van der Waals surface area contributed by atoms with Crippen molar-refractivity contribution < 1.29 is 13.2 Å². The van der Waals surface area contributed by atoms with Crippen molar-refractivity contribution in [3.8, 4) is 0 Å². The number of alkyl halides is 3. The summed E-state index contributed by atoms with van der Waals surface area (Å²) in [6.45, 7) is -1.03. The number of hydrogen-bond donors (Lipinski definition) is 0. The molecular formula is C3H5F3N. The second-order valence-corrected chi connectivity index (χ2v) is 1.09. The molecule has 0 saturated heterocycles. The lowest BCUT2D eigenvalue weighted by Crippen LogP contribution is -2.20. The third kappa shape index (κ3) is 5.75. The molecule has 7 heavy (non-hydrogen) atoms. The molecule has 1 nitrogen and oxygen atoms in total. The van der Waals surface area contributed by atoms with E-state index in [1.165, 1.54) is 0 Å². The van der Waals surface area contributed by atoms with Crippen LogP contribution in [0.4, 0.5) is 13.2 Å². The molecule has 0 bridgehead atoms. The summed E-state index contributed by atoms with van der Waals surface area (Å²) in [7, 11) is 1.13. The quantitative estimate of drug-likeness (QED) is 0.476. The van der Waals surface area contributed by atoms with Crippen molar-refractivity contribution in [2.24, 2.45) is 0 Å². The first-order chi connectivity index (χ1) is 3.06. The fraction of sp³-hybridized carbons (Fsp3) is 1.00. The van der Waals surface area contributed by atoms with E-state index in [2.05, 4.69) is 5.32 Å². The third-order valence-corrected chi connectivity index (χ3v) is 0.337. The molecule has 0 aliphatic carbocycles. The summed E-state index contributed by atoms with van der Waals surface area (Å²) >= 11 is 0. The molecule has 0 N–H and O–H groups in total. The number of halogens is 3. The minimum absolute atomic E-state index is 1.03. The average molecular weight is 112 g/mol. The largest absolute Gasteiger partial charge is 0.402 e. The number of rotatable bonds is 1. The predicted molar refractivity (Wildman–Crippen MR) is 19.0 cm³/mol. The summed E-state index contributed by atoms with van der Waals surface area (Å²) in [4.78, 5) is 0. The first-order valence-electron chi connectivity index (χ1n) is 1.68. The summed E-state index contributed by atoms with van der Waals surface area (Å²) in [6.07, 6.45) is -4.12. The fourth-order valence-corrected chi connectivity index (χ4v) is 0.179. The maximum absolute atomic E-state index is 11.0. The highest BCUT2D eigenvalue weighted by atomic mass is 19.4. The minimum Gasteiger partial charge on any atom is -0.236 e. The van der Waals surface area contributed by atoms with Crippen LogP contribution in [0.1, 0.15) is 0 Å². The minimum atomic E-state index is -4.12. The zero-order chi connectivity index (χ0) is 5.91. The van der Waals surface area contributed by atoms with E-state index in [1.54, 1.807) is 0 Å². The molecule has 0 aromatic heterocycles. The van der Waals surface area contributed by atoms with E-state index in [9.17, 15) is 13.2 Å². The van der Waals surface area contributed by atoms with Crippen molar-refractivity contribution >= 4 is 0 Å². The van der Waals surface area contributed by atoms with Crippen LogP contribution in [-0.4, -0.2) is 19.8 Å². The molecule has 0 heterocycles. The van der Waals surface area contributed by atoms with Crippen LogP contribution in [0.5, 0.6) is 0 Å². The molecule has 0 rings (SSSR count). The van der Waals surface area contributed by atoms with Crippen LogP contribution < -0.4 is 5.32 Å². The maximum Gasteiger partial charge on any atom is 0.402 e. The Labute approximate surface area is 39.5 Å². The molecular weight excluding hydrogens is 107 g/mol. The Morgan fingerprint density at radius 2 is 1.86 bits per heavy atom. The number of hydrogen-bond acceptors (Lipinski definition) is 0. The molecule has 43 valence electrons. The molecule has 0 aliphatic heterocycles. The normalized spacial score (nSPS) is 12.0. The topological polar surface area (TPSA) is 14.1 Å². The van der Waals surface area contributed by atoms with Gasteiger partial charge in [0.2, 0.25) is 0 Å². The third-order valence-electron chi connectivity index (χ3n) is 0.337. The Bertz CT molecular complexity index is 48.6. The first kappa shape index (κ1) is 6.75. The highest BCUT2D eigenvalue weighted by molar-refractivity contribution is 4.48. The summed E-state index contributed by atoms with van der Waals surface area (Å²) in [5.41, 5.74) is 0. The molecule has 1 radical (unpaired) electrons. The van der Waals surface area contributed by atoms with E-state index in [0.717, 1.165) is 7.05 Å². The van der Waals surface area contributed by atoms with Crippen LogP contribution in [0.15, 0.2) is 0 Å². The summed E-state index contributed by atoms with van der Waals surface area (Å²) in [5, 5.41) is 2.88. The Hall–Kier alpha value is -0.250. The van der Waals surface area contributed by atoms with Gasteiger partial charge in [-0.1, -0.05) is 0 Å². The Morgan fingerprint density at radius 3 is 1.86 bits per heavy atom. The van der Waals surface area contributed by atoms with Gasteiger partial charge in [-0.3, -0.25) is 0 Å². The lowest BCUT2D eigenvalue weighted by molar-refractivity contribution is -0.124. The van der Waals surface area contributed by atoms with Crippen molar-refractivity contribution in [3.63, 3.8) is 0 Å². The second-order valence-electron chi connectivity index (χ2n) is 1.09. The van der Waals surface area contributed by atoms with Crippen molar-refractivity contribution in [1.82, 2.24) is 5.32 Å². The molecule has 0 amide bonds. The maximum atomic E-state index is 11.0. The van der Waals surface area contributed by atoms with Gasteiger partial charge in [0.15, 0.2) is 0 Å². The van der Waals surface area contributed by atoms with Crippen molar-refractivity contribution in [1.29, 1.82) is 0 Å². The molecule has 0 spiro atoms.